The lowest BCUT2D eigenvalue weighted by Crippen LogP contribution is -2.28. The molecule has 1 rings (SSSR count). The number of halogens is 1. The van der Waals surface area contributed by atoms with Gasteiger partial charge in [-0.1, -0.05) is 53.2 Å². The molecule has 1 unspecified atom stereocenters. The minimum Gasteiger partial charge on any atom is -0.214 e. The molecule has 15 heavy (non-hydrogen) atoms. The number of rotatable bonds is 5. The van der Waals surface area contributed by atoms with E-state index in [0.29, 0.717) is 6.54 Å². The van der Waals surface area contributed by atoms with Crippen LogP contribution in [0.15, 0.2) is 30.3 Å². The molecule has 1 aromatic rings. The van der Waals surface area contributed by atoms with E-state index in [1.165, 1.54) is 0 Å². The molecule has 5 heteroatoms. The van der Waals surface area contributed by atoms with Crippen LogP contribution in [0.2, 0.25) is 0 Å². The van der Waals surface area contributed by atoms with Gasteiger partial charge in [-0.05, 0) is 11.5 Å². The van der Waals surface area contributed by atoms with E-state index in [-0.39, 0.29) is 10.6 Å². The fourth-order valence-corrected chi connectivity index (χ4v) is 2.26. The van der Waals surface area contributed by atoms with Gasteiger partial charge < -0.3 is 0 Å². The van der Waals surface area contributed by atoms with Crippen molar-refractivity contribution in [3.05, 3.63) is 35.9 Å². The van der Waals surface area contributed by atoms with E-state index in [0.717, 1.165) is 5.56 Å². The van der Waals surface area contributed by atoms with Crippen LogP contribution in [0.25, 0.3) is 0 Å². The van der Waals surface area contributed by atoms with Crippen molar-refractivity contribution in [3.63, 3.8) is 0 Å². The van der Waals surface area contributed by atoms with Crippen LogP contribution in [0.4, 0.5) is 0 Å². The standard InChI is InChI=1S/C10H14BrNO2S/c1-9(7-12-15(13,14)8-11)10-5-3-2-4-6-10/h2-6,9,12H,7-8H2,1H3. The minimum atomic E-state index is -3.16. The Bertz CT molecular complexity index is 391. The summed E-state index contributed by atoms with van der Waals surface area (Å²) in [4.78, 5) is 0. The maximum absolute atomic E-state index is 11.2. The highest BCUT2D eigenvalue weighted by Crippen LogP contribution is 2.13. The molecular weight excluding hydrogens is 278 g/mol. The lowest BCUT2D eigenvalue weighted by Gasteiger charge is -2.12. The summed E-state index contributed by atoms with van der Waals surface area (Å²) >= 11 is 2.93. The van der Waals surface area contributed by atoms with Crippen molar-refractivity contribution >= 4 is 26.0 Å². The molecule has 1 aromatic carbocycles. The maximum Gasteiger partial charge on any atom is 0.221 e. The lowest BCUT2D eigenvalue weighted by molar-refractivity contribution is 0.580. The Hall–Kier alpha value is -0.390. The van der Waals surface area contributed by atoms with Gasteiger partial charge in [-0.3, -0.25) is 0 Å². The monoisotopic (exact) mass is 291 g/mol. The number of alkyl halides is 1. The first kappa shape index (κ1) is 12.7. The summed E-state index contributed by atoms with van der Waals surface area (Å²) in [6, 6.07) is 9.83. The second kappa shape index (κ2) is 5.63. The molecule has 0 aliphatic rings. The summed E-state index contributed by atoms with van der Waals surface area (Å²) in [7, 11) is -3.16. The van der Waals surface area contributed by atoms with Gasteiger partial charge in [-0.2, -0.15) is 0 Å². The average Bonchev–Trinajstić information content (AvgIpc) is 2.27. The first-order valence-electron chi connectivity index (χ1n) is 4.63. The molecule has 3 nitrogen and oxygen atoms in total. The topological polar surface area (TPSA) is 46.2 Å². The van der Waals surface area contributed by atoms with E-state index < -0.39 is 10.0 Å². The Morgan fingerprint density at radius 1 is 1.33 bits per heavy atom. The number of nitrogens with one attached hydrogen (secondary N) is 1. The van der Waals surface area contributed by atoms with Crippen LogP contribution < -0.4 is 4.72 Å². The van der Waals surface area contributed by atoms with E-state index in [2.05, 4.69) is 20.7 Å². The van der Waals surface area contributed by atoms with E-state index in [9.17, 15) is 8.42 Å². The number of hydrogen-bond donors (Lipinski definition) is 1. The van der Waals surface area contributed by atoms with E-state index in [4.69, 9.17) is 0 Å². The Labute approximate surface area is 99.1 Å². The summed E-state index contributed by atoms with van der Waals surface area (Å²) in [5.74, 6) is 0.181. The van der Waals surface area contributed by atoms with Gasteiger partial charge in [-0.15, -0.1) is 0 Å². The Balaban J connectivity index is 2.54. The molecule has 0 aliphatic heterocycles. The fraction of sp³-hybridized carbons (Fsp3) is 0.400. The number of sulfonamides is 1. The van der Waals surface area contributed by atoms with Crippen LogP contribution >= 0.6 is 15.9 Å². The molecule has 0 saturated heterocycles. The predicted octanol–water partition coefficient (Wildman–Crippen LogP) is 2.06. The largest absolute Gasteiger partial charge is 0.221 e. The van der Waals surface area contributed by atoms with Gasteiger partial charge >= 0.3 is 0 Å². The molecule has 1 atom stereocenters. The van der Waals surface area contributed by atoms with Crippen LogP contribution in [-0.4, -0.2) is 19.6 Å². The summed E-state index contributed by atoms with van der Waals surface area (Å²) < 4.78 is 24.8. The van der Waals surface area contributed by atoms with Crippen molar-refractivity contribution in [1.29, 1.82) is 0 Å². The fourth-order valence-electron chi connectivity index (χ4n) is 1.19. The maximum atomic E-state index is 11.2. The van der Waals surface area contributed by atoms with E-state index in [1.54, 1.807) is 0 Å². The zero-order valence-electron chi connectivity index (χ0n) is 8.48. The quantitative estimate of drug-likeness (QED) is 0.844. The second-order valence-corrected chi connectivity index (χ2v) is 6.49. The van der Waals surface area contributed by atoms with Gasteiger partial charge in [-0.25, -0.2) is 13.1 Å². The van der Waals surface area contributed by atoms with Crippen molar-refractivity contribution in [3.8, 4) is 0 Å². The van der Waals surface area contributed by atoms with Gasteiger partial charge in [0.15, 0.2) is 0 Å². The SMILES string of the molecule is CC(CNS(=O)(=O)CBr)c1ccccc1. The van der Waals surface area contributed by atoms with Crippen LogP contribution in [0.1, 0.15) is 18.4 Å². The van der Waals surface area contributed by atoms with Gasteiger partial charge in [0, 0.05) is 6.54 Å². The zero-order chi connectivity index (χ0) is 11.3. The molecule has 0 fully saturated rings. The van der Waals surface area contributed by atoms with Gasteiger partial charge in [0.25, 0.3) is 0 Å². The van der Waals surface area contributed by atoms with Crippen LogP contribution in [0, 0.1) is 0 Å². The van der Waals surface area contributed by atoms with Gasteiger partial charge in [0.1, 0.15) is 4.66 Å². The van der Waals surface area contributed by atoms with Crippen molar-refractivity contribution in [2.24, 2.45) is 0 Å². The Morgan fingerprint density at radius 2 is 1.93 bits per heavy atom. The third-order valence-electron chi connectivity index (χ3n) is 2.12. The highest BCUT2D eigenvalue weighted by atomic mass is 79.9. The summed E-state index contributed by atoms with van der Waals surface area (Å²) in [6.45, 7) is 2.42. The summed E-state index contributed by atoms with van der Waals surface area (Å²) in [6.07, 6.45) is 0. The van der Waals surface area contributed by atoms with Crippen LogP contribution in [-0.2, 0) is 10.0 Å². The summed E-state index contributed by atoms with van der Waals surface area (Å²) in [5.41, 5.74) is 1.13. The normalized spacial score (nSPS) is 13.7. The summed E-state index contributed by atoms with van der Waals surface area (Å²) in [5, 5.41) is 0. The molecule has 84 valence electrons. The minimum absolute atomic E-state index is 0.0541. The van der Waals surface area contributed by atoms with Crippen molar-refractivity contribution in [1.82, 2.24) is 4.72 Å². The van der Waals surface area contributed by atoms with Gasteiger partial charge in [0.2, 0.25) is 10.0 Å². The Kier molecular flexibility index (Phi) is 4.76. The molecule has 0 radical (unpaired) electrons. The second-order valence-electron chi connectivity index (χ2n) is 3.38. The molecule has 0 amide bonds. The highest BCUT2D eigenvalue weighted by molar-refractivity contribution is 9.10. The van der Waals surface area contributed by atoms with Gasteiger partial charge in [0.05, 0.1) is 0 Å². The lowest BCUT2D eigenvalue weighted by atomic mass is 10.0. The first-order chi connectivity index (χ1) is 7.05. The van der Waals surface area contributed by atoms with E-state index in [1.807, 2.05) is 37.3 Å². The Morgan fingerprint density at radius 3 is 2.47 bits per heavy atom. The average molecular weight is 292 g/mol. The third kappa shape index (κ3) is 4.32. The van der Waals surface area contributed by atoms with Crippen molar-refractivity contribution in [2.45, 2.75) is 12.8 Å². The highest BCUT2D eigenvalue weighted by Gasteiger charge is 2.10. The smallest absolute Gasteiger partial charge is 0.214 e. The third-order valence-corrected chi connectivity index (χ3v) is 4.82. The molecule has 0 saturated carbocycles. The first-order valence-corrected chi connectivity index (χ1v) is 7.41. The van der Waals surface area contributed by atoms with Crippen molar-refractivity contribution < 1.29 is 8.42 Å². The number of benzene rings is 1. The molecule has 0 aliphatic carbocycles. The predicted molar refractivity (Wildman–Crippen MR) is 65.6 cm³/mol. The molecule has 0 bridgehead atoms. The van der Waals surface area contributed by atoms with E-state index >= 15 is 0 Å². The molecular formula is C10H14BrNO2S. The molecule has 1 N–H and O–H groups in total. The molecule has 0 aromatic heterocycles. The molecule has 0 spiro atoms. The van der Waals surface area contributed by atoms with Crippen LogP contribution in [0.3, 0.4) is 0 Å². The van der Waals surface area contributed by atoms with Crippen LogP contribution in [0.5, 0.6) is 0 Å². The number of hydrogen-bond acceptors (Lipinski definition) is 2. The zero-order valence-corrected chi connectivity index (χ0v) is 10.9. The van der Waals surface area contributed by atoms with Crippen molar-refractivity contribution in [2.75, 3.05) is 11.2 Å². The molecule has 0 heterocycles.